The number of nitrogens with one attached hydrogen (secondary N) is 4. The Kier molecular flexibility index (Phi) is 5.45. The molecule has 4 heterocycles. The zero-order chi connectivity index (χ0) is 27.6. The van der Waals surface area contributed by atoms with E-state index < -0.39 is 6.04 Å². The van der Waals surface area contributed by atoms with Gasteiger partial charge in [-0.25, -0.2) is 0 Å². The number of carbonyl (C=O) groups excluding carboxylic acids is 3. The fourth-order valence-corrected chi connectivity index (χ4v) is 6.31. The summed E-state index contributed by atoms with van der Waals surface area (Å²) in [4.78, 5) is 52.4. The average molecular weight is 535 g/mol. The van der Waals surface area contributed by atoms with Gasteiger partial charge in [0.05, 0.1) is 12.6 Å². The first kappa shape index (κ1) is 24.4. The number of pyridine rings is 1. The highest BCUT2D eigenvalue weighted by molar-refractivity contribution is 6.10. The van der Waals surface area contributed by atoms with E-state index in [1.165, 1.54) is 0 Å². The van der Waals surface area contributed by atoms with Crippen LogP contribution in [0.15, 0.2) is 67.0 Å². The van der Waals surface area contributed by atoms with Crippen molar-refractivity contribution in [1.82, 2.24) is 30.5 Å². The van der Waals surface area contributed by atoms with E-state index in [2.05, 4.69) is 32.5 Å². The molecule has 3 amide bonds. The van der Waals surface area contributed by atoms with E-state index in [-0.39, 0.29) is 41.8 Å². The van der Waals surface area contributed by atoms with Gasteiger partial charge in [-0.1, -0.05) is 25.1 Å². The molecule has 1 aliphatic carbocycles. The third kappa shape index (κ3) is 4.00. The summed E-state index contributed by atoms with van der Waals surface area (Å²) in [6.07, 6.45) is 4.99. The number of H-pyrrole nitrogens is 2. The van der Waals surface area contributed by atoms with Crippen LogP contribution in [0.1, 0.15) is 48.8 Å². The summed E-state index contributed by atoms with van der Waals surface area (Å²) in [5.74, 6) is -0.736. The molecule has 0 unspecified atom stereocenters. The molecule has 4 atom stereocenters. The topological polar surface area (TPSA) is 123 Å². The molecule has 2 aliphatic rings. The Morgan fingerprint density at radius 2 is 1.85 bits per heavy atom. The molecule has 9 nitrogen and oxygen atoms in total. The van der Waals surface area contributed by atoms with Gasteiger partial charge in [0, 0.05) is 62.4 Å². The van der Waals surface area contributed by atoms with E-state index in [9.17, 15) is 14.4 Å². The number of aromatic amines is 2. The minimum atomic E-state index is -0.566. The average Bonchev–Trinajstić information content (AvgIpc) is 3.29. The van der Waals surface area contributed by atoms with E-state index in [1.54, 1.807) is 23.4 Å². The van der Waals surface area contributed by atoms with Gasteiger partial charge in [0.15, 0.2) is 0 Å². The molecule has 4 N–H and O–H groups in total. The number of fused-ring (bicyclic) bond motifs is 5. The van der Waals surface area contributed by atoms with Crippen LogP contribution in [0.5, 0.6) is 0 Å². The minimum absolute atomic E-state index is 0.0182. The van der Waals surface area contributed by atoms with Gasteiger partial charge < -0.3 is 25.5 Å². The monoisotopic (exact) mass is 534 g/mol. The number of nitrogens with zero attached hydrogens (tertiary/aromatic N) is 2. The molecule has 2 fully saturated rings. The van der Waals surface area contributed by atoms with E-state index in [1.807, 2.05) is 55.5 Å². The summed E-state index contributed by atoms with van der Waals surface area (Å²) >= 11 is 0. The number of amides is 3. The van der Waals surface area contributed by atoms with Gasteiger partial charge in [0.25, 0.3) is 5.91 Å². The number of hydrogen-bond donors (Lipinski definition) is 4. The highest BCUT2D eigenvalue weighted by Crippen LogP contribution is 2.59. The van der Waals surface area contributed by atoms with Crippen molar-refractivity contribution in [3.63, 3.8) is 0 Å². The lowest BCUT2D eigenvalue weighted by molar-refractivity contribution is -0.139. The second kappa shape index (κ2) is 8.94. The van der Waals surface area contributed by atoms with Crippen molar-refractivity contribution in [2.24, 2.45) is 5.41 Å². The zero-order valence-corrected chi connectivity index (χ0v) is 22.3. The van der Waals surface area contributed by atoms with Crippen LogP contribution in [0.3, 0.4) is 0 Å². The third-order valence-corrected chi connectivity index (χ3v) is 8.66. The molecule has 40 heavy (non-hydrogen) atoms. The van der Waals surface area contributed by atoms with Crippen LogP contribution < -0.4 is 10.6 Å². The van der Waals surface area contributed by atoms with Crippen molar-refractivity contribution in [2.45, 2.75) is 44.8 Å². The Morgan fingerprint density at radius 3 is 2.70 bits per heavy atom. The summed E-state index contributed by atoms with van der Waals surface area (Å²) in [6.45, 7) is 3.88. The lowest BCUT2D eigenvalue weighted by Gasteiger charge is -2.28. The van der Waals surface area contributed by atoms with Gasteiger partial charge in [-0.05, 0) is 61.6 Å². The van der Waals surface area contributed by atoms with Gasteiger partial charge in [-0.2, -0.15) is 0 Å². The van der Waals surface area contributed by atoms with Crippen molar-refractivity contribution < 1.29 is 14.4 Å². The lowest BCUT2D eigenvalue weighted by Crippen LogP contribution is -2.51. The zero-order valence-electron chi connectivity index (χ0n) is 22.3. The van der Waals surface area contributed by atoms with Crippen molar-refractivity contribution >= 4 is 50.4 Å². The number of hydrogen-bond acceptors (Lipinski definition) is 4. The highest BCUT2D eigenvalue weighted by Gasteiger charge is 2.64. The van der Waals surface area contributed by atoms with Crippen molar-refractivity contribution in [3.05, 3.63) is 78.2 Å². The van der Waals surface area contributed by atoms with Gasteiger partial charge in [-0.15, -0.1) is 0 Å². The number of para-hydroxylation sites is 1. The highest BCUT2D eigenvalue weighted by atomic mass is 16.2. The molecule has 5 aromatic rings. The van der Waals surface area contributed by atoms with E-state index >= 15 is 0 Å². The number of benzene rings is 2. The summed E-state index contributed by atoms with van der Waals surface area (Å²) in [6, 6.07) is 16.5. The van der Waals surface area contributed by atoms with E-state index in [4.69, 9.17) is 0 Å². The number of carbonyl (C=O) groups is 3. The molecule has 9 heteroatoms. The normalized spacial score (nSPS) is 22.4. The van der Waals surface area contributed by atoms with Gasteiger partial charge in [-0.3, -0.25) is 19.4 Å². The number of piperidine rings is 1. The van der Waals surface area contributed by atoms with Crippen LogP contribution in [0, 0.1) is 5.41 Å². The van der Waals surface area contributed by atoms with Crippen LogP contribution in [0.25, 0.3) is 32.7 Å². The predicted octanol–water partition coefficient (Wildman–Crippen LogP) is 4.18. The maximum atomic E-state index is 13.4. The first-order valence-electron chi connectivity index (χ1n) is 13.6. The Hall–Kier alpha value is -4.66. The minimum Gasteiger partial charge on any atom is -0.357 e. The van der Waals surface area contributed by atoms with Crippen LogP contribution in [0.2, 0.25) is 0 Å². The lowest BCUT2D eigenvalue weighted by atomic mass is 10.0. The Bertz CT molecular complexity index is 1790. The molecule has 1 aliphatic heterocycles. The first-order valence-corrected chi connectivity index (χ1v) is 13.6. The van der Waals surface area contributed by atoms with Gasteiger partial charge in [0.2, 0.25) is 11.8 Å². The predicted molar refractivity (Wildman–Crippen MR) is 153 cm³/mol. The Labute approximate surface area is 230 Å². The van der Waals surface area contributed by atoms with E-state index in [0.717, 1.165) is 44.8 Å². The quantitative estimate of drug-likeness (QED) is 0.261. The fraction of sp³-hybridized carbons (Fsp3) is 0.290. The second-order valence-electron chi connectivity index (χ2n) is 11.4. The van der Waals surface area contributed by atoms with Crippen LogP contribution in [0.4, 0.5) is 0 Å². The van der Waals surface area contributed by atoms with Gasteiger partial charge >= 0.3 is 0 Å². The standard InChI is InChI=1S/C31H30N6O3/c1-17(25-12-19-15-32-10-9-22(19)35-25)34-30(40)26-13-31(2)14-27(31)37(26)28(38)16-33-29(39)18-7-8-24-21(11-18)20-5-3-4-6-23(20)36-24/h3-12,15,17,26-27,35-36H,13-14,16H2,1-2H3,(H,33,39)(H,34,40)/t17-,26+,27+,31-/m1/s1. The smallest absolute Gasteiger partial charge is 0.251 e. The Balaban J connectivity index is 1.04. The van der Waals surface area contributed by atoms with Crippen LogP contribution >= 0.6 is 0 Å². The summed E-state index contributed by atoms with van der Waals surface area (Å²) in [5, 5.41) is 8.85. The van der Waals surface area contributed by atoms with Crippen LogP contribution in [-0.4, -0.2) is 56.2 Å². The molecule has 0 bridgehead atoms. The molecular weight excluding hydrogens is 504 g/mol. The van der Waals surface area contributed by atoms with Crippen LogP contribution in [-0.2, 0) is 9.59 Å². The first-order chi connectivity index (χ1) is 19.3. The van der Waals surface area contributed by atoms with Crippen molar-refractivity contribution in [2.75, 3.05) is 6.54 Å². The summed E-state index contributed by atoms with van der Waals surface area (Å²) in [7, 11) is 0. The maximum Gasteiger partial charge on any atom is 0.251 e. The SMILES string of the molecule is C[C@@H](NC(=O)[C@@H]1C[C@]2(C)C[C@@H]2N1C(=O)CNC(=O)c1ccc2[nH]c3ccccc3c2c1)c1cc2cnccc2[nH]1. The fourth-order valence-electron chi connectivity index (χ4n) is 6.31. The second-order valence-corrected chi connectivity index (χ2v) is 11.4. The molecule has 1 saturated heterocycles. The molecular formula is C31H30N6O3. The molecule has 0 radical (unpaired) electrons. The molecule has 1 saturated carbocycles. The molecule has 2 aromatic carbocycles. The largest absolute Gasteiger partial charge is 0.357 e. The van der Waals surface area contributed by atoms with Crippen molar-refractivity contribution in [3.8, 4) is 0 Å². The molecule has 3 aromatic heterocycles. The van der Waals surface area contributed by atoms with Gasteiger partial charge in [0.1, 0.15) is 6.04 Å². The number of aromatic nitrogens is 3. The molecule has 7 rings (SSSR count). The third-order valence-electron chi connectivity index (χ3n) is 8.66. The van der Waals surface area contributed by atoms with Crippen molar-refractivity contribution in [1.29, 1.82) is 0 Å². The number of likely N-dealkylation sites (tertiary alicyclic amines) is 1. The van der Waals surface area contributed by atoms with E-state index in [0.29, 0.717) is 12.0 Å². The summed E-state index contributed by atoms with van der Waals surface area (Å²) < 4.78 is 0. The molecule has 202 valence electrons. The molecule has 0 spiro atoms. The summed E-state index contributed by atoms with van der Waals surface area (Å²) in [5.41, 5.74) is 4.22. The maximum absolute atomic E-state index is 13.4. The Morgan fingerprint density at radius 1 is 1.02 bits per heavy atom. The number of rotatable bonds is 6.